The van der Waals surface area contributed by atoms with Gasteiger partial charge in [0.1, 0.15) is 34.8 Å². The van der Waals surface area contributed by atoms with Gasteiger partial charge in [0.15, 0.2) is 5.82 Å². The van der Waals surface area contributed by atoms with Gasteiger partial charge in [-0.1, -0.05) is 18.2 Å². The number of carbonyl (C=O) groups excluding carboxylic acids is 1. The number of nitrogens with zero attached hydrogens (tertiary/aromatic N) is 2. The number of H-pyrrole nitrogens is 1. The third-order valence-electron chi connectivity index (χ3n) is 5.70. The second-order valence-corrected chi connectivity index (χ2v) is 8.48. The van der Waals surface area contributed by atoms with E-state index in [0.717, 1.165) is 11.1 Å². The molecular formula is C27H28N6O5. The zero-order valence-electron chi connectivity index (χ0n) is 21.4. The third kappa shape index (κ3) is 5.51. The summed E-state index contributed by atoms with van der Waals surface area (Å²) in [6.45, 7) is 3.20. The number of para-hydroxylation sites is 2. The summed E-state index contributed by atoms with van der Waals surface area (Å²) in [5.41, 5.74) is 8.18. The molecule has 11 nitrogen and oxygen atoms in total. The summed E-state index contributed by atoms with van der Waals surface area (Å²) in [4.78, 5) is 27.5. The molecule has 0 fully saturated rings. The van der Waals surface area contributed by atoms with E-state index in [2.05, 4.69) is 15.4 Å². The van der Waals surface area contributed by atoms with E-state index in [1.165, 1.54) is 18.7 Å². The van der Waals surface area contributed by atoms with Crippen LogP contribution in [0.2, 0.25) is 0 Å². The summed E-state index contributed by atoms with van der Waals surface area (Å²) in [6.07, 6.45) is 0. The molecule has 38 heavy (non-hydrogen) atoms. The molecule has 5 N–H and O–H groups in total. The fourth-order valence-corrected chi connectivity index (χ4v) is 4.05. The van der Waals surface area contributed by atoms with Gasteiger partial charge >= 0.3 is 11.7 Å². The van der Waals surface area contributed by atoms with Gasteiger partial charge in [0.05, 0.1) is 19.8 Å². The van der Waals surface area contributed by atoms with Crippen molar-refractivity contribution in [3.8, 4) is 22.9 Å². The maximum Gasteiger partial charge on any atom is 0.348 e. The van der Waals surface area contributed by atoms with Crippen LogP contribution in [0.15, 0.2) is 65.5 Å². The quantitative estimate of drug-likeness (QED) is 0.114. The number of nitrogens with one attached hydrogen (secondary N) is 3. The van der Waals surface area contributed by atoms with Crippen molar-refractivity contribution < 1.29 is 19.0 Å². The number of methoxy groups -OCH3 is 2. The molecule has 11 heteroatoms. The molecule has 0 bridgehead atoms. The largest absolute Gasteiger partial charge is 0.497 e. The van der Waals surface area contributed by atoms with Gasteiger partial charge < -0.3 is 25.3 Å². The summed E-state index contributed by atoms with van der Waals surface area (Å²) < 4.78 is 17.4. The maximum atomic E-state index is 13.0. The number of hydrogen-bond acceptors (Lipinski definition) is 8. The molecule has 0 aliphatic carbocycles. The summed E-state index contributed by atoms with van der Waals surface area (Å²) in [5.74, 6) is 0.769. The van der Waals surface area contributed by atoms with Crippen molar-refractivity contribution in [3.05, 3.63) is 93.7 Å². The average Bonchev–Trinajstić information content (AvgIpc) is 3.27. The number of esters is 1. The van der Waals surface area contributed by atoms with E-state index in [4.69, 9.17) is 25.4 Å². The molecule has 4 aromatic rings. The number of aryl methyl sites for hydroxylation is 1. The number of nitrogen functional groups attached to an aromatic ring is 1. The maximum absolute atomic E-state index is 13.0. The number of carbonyl (C=O) groups is 1. The minimum atomic E-state index is -0.652. The van der Waals surface area contributed by atoms with Crippen molar-refractivity contribution in [1.29, 1.82) is 5.41 Å². The Bertz CT molecular complexity index is 1560. The summed E-state index contributed by atoms with van der Waals surface area (Å²) in [5, 5.41) is 15.7. The van der Waals surface area contributed by atoms with E-state index in [-0.39, 0.29) is 17.1 Å². The second kappa shape index (κ2) is 10.9. The molecule has 1 atom stereocenters. The van der Waals surface area contributed by atoms with Crippen molar-refractivity contribution in [2.75, 3.05) is 19.5 Å². The number of hydrogen-bond donors (Lipinski definition) is 4. The lowest BCUT2D eigenvalue weighted by molar-refractivity contribution is -0.131. The van der Waals surface area contributed by atoms with Gasteiger partial charge in [-0.15, -0.1) is 5.10 Å². The number of rotatable bonds is 9. The molecule has 196 valence electrons. The molecule has 0 saturated heterocycles. The van der Waals surface area contributed by atoms with Gasteiger partial charge in [-0.2, -0.15) is 4.68 Å². The highest BCUT2D eigenvalue weighted by atomic mass is 16.5. The fourth-order valence-electron chi connectivity index (χ4n) is 4.05. The van der Waals surface area contributed by atoms with E-state index in [1.54, 1.807) is 49.6 Å². The Balaban J connectivity index is 1.84. The molecule has 0 aliphatic heterocycles. The molecule has 4 rings (SSSR count). The molecular weight excluding hydrogens is 488 g/mol. The van der Waals surface area contributed by atoms with Gasteiger partial charge in [0.25, 0.3) is 0 Å². The van der Waals surface area contributed by atoms with Crippen LogP contribution in [0.25, 0.3) is 5.69 Å². The number of aromatic nitrogens is 3. The van der Waals surface area contributed by atoms with Crippen LogP contribution in [0.3, 0.4) is 0 Å². The van der Waals surface area contributed by atoms with Crippen LogP contribution in [0, 0.1) is 12.3 Å². The smallest absolute Gasteiger partial charge is 0.348 e. The molecule has 1 aromatic heterocycles. The zero-order valence-corrected chi connectivity index (χ0v) is 21.4. The Hall–Kier alpha value is -5.06. The number of benzene rings is 3. The minimum Gasteiger partial charge on any atom is -0.497 e. The molecule has 0 amide bonds. The normalized spacial score (nSPS) is 11.5. The highest BCUT2D eigenvalue weighted by molar-refractivity contribution is 5.98. The lowest BCUT2D eigenvalue weighted by atomic mass is 10.0. The van der Waals surface area contributed by atoms with Crippen LogP contribution >= 0.6 is 0 Å². The summed E-state index contributed by atoms with van der Waals surface area (Å²) in [7, 11) is 3.09. The predicted molar refractivity (Wildman–Crippen MR) is 143 cm³/mol. The predicted octanol–water partition coefficient (Wildman–Crippen LogP) is 3.30. The van der Waals surface area contributed by atoms with E-state index in [0.29, 0.717) is 28.7 Å². The first kappa shape index (κ1) is 26.0. The number of nitrogens with two attached hydrogens (primary N) is 1. The Morgan fingerprint density at radius 3 is 2.53 bits per heavy atom. The Labute approximate surface area is 218 Å². The topological polar surface area (TPSA) is 157 Å². The highest BCUT2D eigenvalue weighted by Crippen LogP contribution is 2.31. The lowest BCUT2D eigenvalue weighted by Crippen LogP contribution is -2.17. The van der Waals surface area contributed by atoms with Crippen LogP contribution in [-0.4, -0.2) is 40.8 Å². The van der Waals surface area contributed by atoms with Crippen molar-refractivity contribution in [2.45, 2.75) is 19.9 Å². The van der Waals surface area contributed by atoms with Crippen LogP contribution in [0.4, 0.5) is 5.69 Å². The van der Waals surface area contributed by atoms with Gasteiger partial charge in [-0.3, -0.25) is 15.2 Å². The molecule has 1 unspecified atom stereocenters. The zero-order chi connectivity index (χ0) is 27.4. The molecule has 0 radical (unpaired) electrons. The first-order chi connectivity index (χ1) is 18.2. The van der Waals surface area contributed by atoms with Crippen molar-refractivity contribution in [3.63, 3.8) is 0 Å². The van der Waals surface area contributed by atoms with Crippen LogP contribution in [0.1, 0.15) is 35.5 Å². The van der Waals surface area contributed by atoms with E-state index < -0.39 is 17.7 Å². The first-order valence-corrected chi connectivity index (χ1v) is 11.6. The fraction of sp³-hybridized carbons (Fsp3) is 0.185. The van der Waals surface area contributed by atoms with Crippen LogP contribution < -0.4 is 31.0 Å². The molecule has 0 aliphatic rings. The monoisotopic (exact) mass is 516 g/mol. The van der Waals surface area contributed by atoms with Crippen LogP contribution in [0.5, 0.6) is 17.2 Å². The first-order valence-electron chi connectivity index (χ1n) is 11.6. The molecule has 3 aromatic carbocycles. The van der Waals surface area contributed by atoms with Crippen molar-refractivity contribution in [1.82, 2.24) is 14.8 Å². The van der Waals surface area contributed by atoms with Gasteiger partial charge in [-0.05, 0) is 54.4 Å². The standard InChI is InChI=1S/C27H28N6O5/c1-15-11-17(13-19(12-15)36-3)24(30-18-9-10-20(25(28)29)23(14-18)38-16(2)34)26-31-27(35)33(32-26)21-7-5-6-8-22(21)37-4/h5-14,24,30H,1-4H3,(H3,28,29)(H,31,32,35). The SMILES string of the molecule is COc1cc(C)cc(C(Nc2ccc(C(=N)N)c(OC(C)=O)c2)c2nn(-c3ccccc3OC)c(=O)[nH]2)c1. The number of amidine groups is 1. The van der Waals surface area contributed by atoms with Crippen molar-refractivity contribution >= 4 is 17.5 Å². The number of ether oxygens (including phenoxy) is 3. The van der Waals surface area contributed by atoms with Crippen molar-refractivity contribution in [2.24, 2.45) is 5.73 Å². The number of aromatic amines is 1. The number of anilines is 1. The third-order valence-corrected chi connectivity index (χ3v) is 5.70. The van der Waals surface area contributed by atoms with E-state index in [9.17, 15) is 9.59 Å². The Morgan fingerprint density at radius 2 is 1.84 bits per heavy atom. The van der Waals surface area contributed by atoms with Gasteiger partial charge in [0, 0.05) is 18.7 Å². The van der Waals surface area contributed by atoms with E-state index >= 15 is 0 Å². The lowest BCUT2D eigenvalue weighted by Gasteiger charge is -2.20. The second-order valence-electron chi connectivity index (χ2n) is 8.48. The summed E-state index contributed by atoms with van der Waals surface area (Å²) in [6, 6.07) is 16.9. The Kier molecular flexibility index (Phi) is 7.47. The molecule has 0 saturated carbocycles. The molecule has 0 spiro atoms. The Morgan fingerprint density at radius 1 is 1.08 bits per heavy atom. The van der Waals surface area contributed by atoms with Gasteiger partial charge in [0.2, 0.25) is 0 Å². The minimum absolute atomic E-state index is 0.128. The van der Waals surface area contributed by atoms with E-state index in [1.807, 2.05) is 25.1 Å². The van der Waals surface area contributed by atoms with Crippen LogP contribution in [-0.2, 0) is 4.79 Å². The molecule has 1 heterocycles. The highest BCUT2D eigenvalue weighted by Gasteiger charge is 2.23. The average molecular weight is 517 g/mol. The summed E-state index contributed by atoms with van der Waals surface area (Å²) >= 11 is 0. The van der Waals surface area contributed by atoms with Gasteiger partial charge in [-0.25, -0.2) is 4.79 Å².